The van der Waals surface area contributed by atoms with Gasteiger partial charge in [-0.3, -0.25) is 9.59 Å². The molecule has 2 aromatic carbocycles. The summed E-state index contributed by atoms with van der Waals surface area (Å²) in [5, 5.41) is 5.95. The van der Waals surface area contributed by atoms with Crippen LogP contribution in [-0.4, -0.2) is 70.7 Å². The number of ether oxygens (including phenoxy) is 2. The molecular formula is C33H41F3N6O4. The number of carbonyl (C=O) groups is 2. The molecule has 6 bridgehead atoms. The van der Waals surface area contributed by atoms with Crippen LogP contribution in [0.25, 0.3) is 0 Å². The molecule has 0 spiro atoms. The van der Waals surface area contributed by atoms with Crippen LogP contribution in [0.3, 0.4) is 0 Å². The summed E-state index contributed by atoms with van der Waals surface area (Å²) in [6, 6.07) is 13.8. The maximum Gasteiger partial charge on any atom is 0.422 e. The largest absolute Gasteiger partial charge is 0.494 e. The van der Waals surface area contributed by atoms with Gasteiger partial charge in [-0.15, -0.1) is 0 Å². The van der Waals surface area contributed by atoms with Gasteiger partial charge in [-0.2, -0.15) is 28.1 Å². The van der Waals surface area contributed by atoms with Crippen LogP contribution < -0.4 is 20.1 Å². The van der Waals surface area contributed by atoms with Crippen LogP contribution in [-0.2, 0) is 17.8 Å². The number of nitrogens with one attached hydrogen (secondary N) is 2. The highest BCUT2D eigenvalue weighted by molar-refractivity contribution is 5.94. The molecule has 13 heteroatoms. The summed E-state index contributed by atoms with van der Waals surface area (Å²) < 4.78 is 49.2. The standard InChI is InChI=1S/C33H41F3N6O4/c1-32(2,3)20-28(43)42-16-4-5-18-45-26-13-9-24(10-14-26)21-38-30-39-27(40-31(41-30)46-22-33(34,35)36)19-23-7-11-25(12-8-23)29(44)37-15-6-17-42/h7-14H,4-6,15-22H2,1-3H3,(H,37,44)(H,38,39,40,41). The summed E-state index contributed by atoms with van der Waals surface area (Å²) in [4.78, 5) is 40.2. The molecule has 0 atom stereocenters. The molecule has 248 valence electrons. The van der Waals surface area contributed by atoms with E-state index >= 15 is 0 Å². The Labute approximate surface area is 267 Å². The first kappa shape index (κ1) is 34.5. The Kier molecular flexibility index (Phi) is 11.8. The van der Waals surface area contributed by atoms with E-state index in [2.05, 4.69) is 25.6 Å². The number of aromatic nitrogens is 3. The Morgan fingerprint density at radius 2 is 1.61 bits per heavy atom. The molecule has 0 saturated carbocycles. The molecule has 0 unspecified atom stereocenters. The van der Waals surface area contributed by atoms with Crippen molar-refractivity contribution in [2.75, 3.05) is 38.2 Å². The van der Waals surface area contributed by atoms with Crippen molar-refractivity contribution in [3.05, 3.63) is 71.0 Å². The molecule has 2 amide bonds. The van der Waals surface area contributed by atoms with Crippen LogP contribution in [0.1, 0.15) is 73.8 Å². The summed E-state index contributed by atoms with van der Waals surface area (Å²) in [7, 11) is 0. The van der Waals surface area contributed by atoms with E-state index in [1.54, 1.807) is 24.3 Å². The summed E-state index contributed by atoms with van der Waals surface area (Å²) in [5.74, 6) is 0.816. The van der Waals surface area contributed by atoms with Crippen molar-refractivity contribution in [3.63, 3.8) is 0 Å². The number of benzene rings is 2. The Bertz CT molecular complexity index is 1440. The zero-order valence-electron chi connectivity index (χ0n) is 26.5. The van der Waals surface area contributed by atoms with Gasteiger partial charge in [0.25, 0.3) is 5.91 Å². The fraction of sp³-hybridized carbons (Fsp3) is 0.485. The summed E-state index contributed by atoms with van der Waals surface area (Å²) in [5.41, 5.74) is 1.94. The zero-order valence-corrected chi connectivity index (χ0v) is 26.5. The predicted octanol–water partition coefficient (Wildman–Crippen LogP) is 5.57. The second-order valence-corrected chi connectivity index (χ2v) is 12.4. The van der Waals surface area contributed by atoms with Gasteiger partial charge in [-0.1, -0.05) is 45.0 Å². The number of alkyl halides is 3. The molecule has 0 saturated heterocycles. The third-order valence-corrected chi connectivity index (χ3v) is 6.99. The van der Waals surface area contributed by atoms with E-state index in [1.807, 2.05) is 49.9 Å². The topological polar surface area (TPSA) is 119 Å². The number of carbonyl (C=O) groups excluding carboxylic acids is 2. The van der Waals surface area contributed by atoms with Crippen molar-refractivity contribution in [2.24, 2.45) is 5.41 Å². The van der Waals surface area contributed by atoms with Crippen LogP contribution in [0, 0.1) is 5.41 Å². The van der Waals surface area contributed by atoms with E-state index < -0.39 is 18.8 Å². The molecule has 0 fully saturated rings. The van der Waals surface area contributed by atoms with Crippen LogP contribution in [0.4, 0.5) is 19.1 Å². The lowest BCUT2D eigenvalue weighted by Crippen LogP contribution is -2.37. The van der Waals surface area contributed by atoms with Gasteiger partial charge in [0.05, 0.1) is 6.61 Å². The van der Waals surface area contributed by atoms with Crippen molar-refractivity contribution < 1.29 is 32.2 Å². The molecule has 3 aromatic rings. The van der Waals surface area contributed by atoms with Crippen LogP contribution in [0.2, 0.25) is 0 Å². The lowest BCUT2D eigenvalue weighted by molar-refractivity contribution is -0.154. The van der Waals surface area contributed by atoms with E-state index in [0.717, 1.165) is 24.0 Å². The smallest absolute Gasteiger partial charge is 0.422 e. The second kappa shape index (κ2) is 15.7. The van der Waals surface area contributed by atoms with Crippen LogP contribution in [0.15, 0.2) is 48.5 Å². The average Bonchev–Trinajstić information content (AvgIpc) is 2.99. The Morgan fingerprint density at radius 3 is 2.30 bits per heavy atom. The number of hydrogen-bond acceptors (Lipinski definition) is 8. The minimum atomic E-state index is -4.55. The molecule has 0 aliphatic carbocycles. The first-order valence-corrected chi connectivity index (χ1v) is 15.4. The first-order valence-electron chi connectivity index (χ1n) is 15.4. The Morgan fingerprint density at radius 1 is 0.913 bits per heavy atom. The van der Waals surface area contributed by atoms with E-state index in [-0.39, 0.29) is 35.4 Å². The Hall–Kier alpha value is -4.42. The number of rotatable bonds is 3. The lowest BCUT2D eigenvalue weighted by atomic mass is 9.91. The van der Waals surface area contributed by atoms with Gasteiger partial charge >= 0.3 is 12.2 Å². The SMILES string of the molecule is CC(C)(C)CC(=O)N1CCCCOc2ccc(cc2)CNc2nc(nc(OCC(F)(F)F)n2)Cc2ccc(cc2)C(=O)NCCC1. The molecule has 46 heavy (non-hydrogen) atoms. The highest BCUT2D eigenvalue weighted by Crippen LogP contribution is 2.21. The van der Waals surface area contributed by atoms with E-state index in [9.17, 15) is 22.8 Å². The summed E-state index contributed by atoms with van der Waals surface area (Å²) in [6.07, 6.45) is -1.80. The molecule has 3 aliphatic rings. The minimum absolute atomic E-state index is 0.0686. The van der Waals surface area contributed by atoms with Gasteiger partial charge in [0, 0.05) is 44.6 Å². The monoisotopic (exact) mass is 642 g/mol. The first-order chi connectivity index (χ1) is 21.8. The van der Waals surface area contributed by atoms with Crippen molar-refractivity contribution in [3.8, 4) is 11.8 Å². The van der Waals surface area contributed by atoms with Crippen LogP contribution in [0.5, 0.6) is 11.8 Å². The molecule has 0 radical (unpaired) electrons. The average molecular weight is 643 g/mol. The maximum atomic E-state index is 13.1. The van der Waals surface area contributed by atoms with Crippen molar-refractivity contribution in [1.82, 2.24) is 25.2 Å². The Balaban J connectivity index is 1.51. The van der Waals surface area contributed by atoms with Crippen molar-refractivity contribution in [2.45, 2.75) is 65.6 Å². The maximum absolute atomic E-state index is 13.1. The van der Waals surface area contributed by atoms with Gasteiger partial charge in [0.15, 0.2) is 6.61 Å². The van der Waals surface area contributed by atoms with Gasteiger partial charge in [-0.05, 0) is 60.1 Å². The van der Waals surface area contributed by atoms with Gasteiger partial charge in [0.2, 0.25) is 11.9 Å². The number of amides is 2. The predicted molar refractivity (Wildman–Crippen MR) is 167 cm³/mol. The number of fused-ring (bicyclic) bond motifs is 2. The van der Waals surface area contributed by atoms with Gasteiger partial charge in [-0.25, -0.2) is 0 Å². The molecule has 1 aromatic heterocycles. The van der Waals surface area contributed by atoms with Gasteiger partial charge < -0.3 is 25.0 Å². The summed E-state index contributed by atoms with van der Waals surface area (Å²) in [6.45, 7) is 6.92. The van der Waals surface area contributed by atoms with Crippen molar-refractivity contribution >= 4 is 17.8 Å². The fourth-order valence-corrected chi connectivity index (χ4v) is 4.70. The van der Waals surface area contributed by atoms with E-state index in [1.165, 1.54) is 0 Å². The molecule has 10 nitrogen and oxygen atoms in total. The number of nitrogens with zero attached hydrogens (tertiary/aromatic N) is 4. The highest BCUT2D eigenvalue weighted by atomic mass is 19.4. The zero-order chi connectivity index (χ0) is 33.2. The third-order valence-electron chi connectivity index (χ3n) is 6.99. The summed E-state index contributed by atoms with van der Waals surface area (Å²) >= 11 is 0. The number of halogens is 3. The van der Waals surface area contributed by atoms with Crippen molar-refractivity contribution in [1.29, 1.82) is 0 Å². The molecule has 6 rings (SSSR count). The van der Waals surface area contributed by atoms with E-state index in [4.69, 9.17) is 9.47 Å². The number of hydrogen-bond donors (Lipinski definition) is 2. The molecule has 4 heterocycles. The minimum Gasteiger partial charge on any atom is -0.494 e. The van der Waals surface area contributed by atoms with E-state index in [0.29, 0.717) is 56.9 Å². The third kappa shape index (κ3) is 11.8. The molecule has 2 N–H and O–H groups in total. The van der Waals surface area contributed by atoms with Gasteiger partial charge in [0.1, 0.15) is 11.6 Å². The quantitative estimate of drug-likeness (QED) is 0.381. The molecular weight excluding hydrogens is 601 g/mol. The fourth-order valence-electron chi connectivity index (χ4n) is 4.70. The number of anilines is 1. The van der Waals surface area contributed by atoms with Crippen LogP contribution >= 0.6 is 0 Å². The molecule has 3 aliphatic heterocycles. The second-order valence-electron chi connectivity index (χ2n) is 12.4. The highest BCUT2D eigenvalue weighted by Gasteiger charge is 2.29. The lowest BCUT2D eigenvalue weighted by Gasteiger charge is -2.27. The normalized spacial score (nSPS) is 15.6.